The smallest absolute Gasteiger partial charge is 0.259 e. The standard InChI is InChI=1S/C13H15N3OS/c1-13(2,3)16-6-4-5-9(12(16)18)7-10(8-14)11(15)17/h4-7H,1-3H3,(H2,15,17)/b10-7+. The normalized spacial score (nSPS) is 12.0. The highest BCUT2D eigenvalue weighted by Crippen LogP contribution is 2.18. The molecule has 2 N–H and O–H groups in total. The number of hydrogen-bond donors (Lipinski definition) is 1. The van der Waals surface area contributed by atoms with Crippen molar-refractivity contribution in [3.63, 3.8) is 0 Å². The van der Waals surface area contributed by atoms with E-state index in [1.165, 1.54) is 6.08 Å². The molecule has 0 aliphatic carbocycles. The van der Waals surface area contributed by atoms with E-state index >= 15 is 0 Å². The van der Waals surface area contributed by atoms with Crippen molar-refractivity contribution in [2.24, 2.45) is 5.73 Å². The van der Waals surface area contributed by atoms with Crippen molar-refractivity contribution in [1.29, 1.82) is 5.26 Å². The zero-order valence-corrected chi connectivity index (χ0v) is 11.4. The number of amides is 1. The first kappa shape index (κ1) is 14.1. The summed E-state index contributed by atoms with van der Waals surface area (Å²) in [6.45, 7) is 6.07. The maximum absolute atomic E-state index is 11.0. The minimum absolute atomic E-state index is 0.104. The Kier molecular flexibility index (Phi) is 4.04. The summed E-state index contributed by atoms with van der Waals surface area (Å²) in [5.74, 6) is -0.752. The molecular weight excluding hydrogens is 246 g/mol. The second kappa shape index (κ2) is 5.15. The van der Waals surface area contributed by atoms with Crippen LogP contribution in [0.15, 0.2) is 23.9 Å². The number of pyridine rings is 1. The summed E-state index contributed by atoms with van der Waals surface area (Å²) in [4.78, 5) is 11.0. The highest BCUT2D eigenvalue weighted by molar-refractivity contribution is 7.71. The molecule has 1 aromatic heterocycles. The van der Waals surface area contributed by atoms with Crippen LogP contribution in [-0.4, -0.2) is 10.5 Å². The Balaban J connectivity index is 3.43. The Bertz CT molecular complexity index is 600. The number of carbonyl (C=O) groups excluding carboxylic acids is 1. The lowest BCUT2D eigenvalue weighted by Crippen LogP contribution is -2.22. The van der Waals surface area contributed by atoms with Gasteiger partial charge in [-0.05, 0) is 32.9 Å². The Morgan fingerprint density at radius 2 is 2.17 bits per heavy atom. The third-order valence-corrected chi connectivity index (χ3v) is 2.82. The fraction of sp³-hybridized carbons (Fsp3) is 0.308. The van der Waals surface area contributed by atoms with Crippen LogP contribution < -0.4 is 5.73 Å². The number of hydrogen-bond acceptors (Lipinski definition) is 3. The third kappa shape index (κ3) is 3.05. The van der Waals surface area contributed by atoms with Crippen LogP contribution in [-0.2, 0) is 10.3 Å². The maximum atomic E-state index is 11.0. The molecule has 1 rings (SSSR count). The minimum atomic E-state index is -0.752. The van der Waals surface area contributed by atoms with E-state index in [0.29, 0.717) is 10.2 Å². The molecule has 94 valence electrons. The van der Waals surface area contributed by atoms with Crippen LogP contribution in [0.2, 0.25) is 0 Å². The fourth-order valence-corrected chi connectivity index (χ4v) is 1.92. The van der Waals surface area contributed by atoms with Crippen molar-refractivity contribution in [2.75, 3.05) is 0 Å². The van der Waals surface area contributed by atoms with Crippen molar-refractivity contribution in [2.45, 2.75) is 26.3 Å². The molecule has 0 radical (unpaired) electrons. The molecule has 0 saturated carbocycles. The van der Waals surface area contributed by atoms with Crippen LogP contribution in [0, 0.1) is 16.0 Å². The van der Waals surface area contributed by atoms with Crippen LogP contribution in [0.3, 0.4) is 0 Å². The van der Waals surface area contributed by atoms with Gasteiger partial charge < -0.3 is 10.3 Å². The number of primary amides is 1. The van der Waals surface area contributed by atoms with Crippen molar-refractivity contribution < 1.29 is 4.79 Å². The van der Waals surface area contributed by atoms with Gasteiger partial charge in [0.1, 0.15) is 16.3 Å². The molecule has 0 aromatic carbocycles. The predicted molar refractivity (Wildman–Crippen MR) is 73.0 cm³/mol. The molecular formula is C13H15N3OS. The number of nitriles is 1. The highest BCUT2D eigenvalue weighted by atomic mass is 32.1. The van der Waals surface area contributed by atoms with Crippen LogP contribution in [0.25, 0.3) is 6.08 Å². The lowest BCUT2D eigenvalue weighted by molar-refractivity contribution is -0.114. The first-order valence-corrected chi connectivity index (χ1v) is 5.82. The van der Waals surface area contributed by atoms with E-state index in [2.05, 4.69) is 0 Å². The third-order valence-electron chi connectivity index (χ3n) is 2.39. The van der Waals surface area contributed by atoms with Crippen molar-refractivity contribution in [1.82, 2.24) is 4.57 Å². The van der Waals surface area contributed by atoms with Gasteiger partial charge in [-0.2, -0.15) is 5.26 Å². The number of nitrogens with zero attached hydrogens (tertiary/aromatic N) is 2. The molecule has 0 spiro atoms. The van der Waals surface area contributed by atoms with Gasteiger partial charge in [-0.3, -0.25) is 4.79 Å². The van der Waals surface area contributed by atoms with Gasteiger partial charge in [-0.1, -0.05) is 18.3 Å². The zero-order valence-electron chi connectivity index (χ0n) is 10.6. The molecule has 4 nitrogen and oxygen atoms in total. The number of carbonyl (C=O) groups is 1. The largest absolute Gasteiger partial charge is 0.365 e. The molecule has 0 aliphatic rings. The van der Waals surface area contributed by atoms with Crippen LogP contribution in [0.4, 0.5) is 0 Å². The van der Waals surface area contributed by atoms with Crippen LogP contribution >= 0.6 is 12.2 Å². The Hall–Kier alpha value is -1.93. The summed E-state index contributed by atoms with van der Waals surface area (Å²) in [6, 6.07) is 5.34. The molecule has 0 unspecified atom stereocenters. The van der Waals surface area contributed by atoms with E-state index in [0.717, 1.165) is 0 Å². The molecule has 0 atom stereocenters. The summed E-state index contributed by atoms with van der Waals surface area (Å²) in [5.41, 5.74) is 5.47. The summed E-state index contributed by atoms with van der Waals surface area (Å²) in [7, 11) is 0. The molecule has 0 aliphatic heterocycles. The first-order valence-electron chi connectivity index (χ1n) is 5.41. The molecule has 5 heteroatoms. The van der Waals surface area contributed by atoms with Gasteiger partial charge in [0.25, 0.3) is 5.91 Å². The minimum Gasteiger partial charge on any atom is -0.365 e. The lowest BCUT2D eigenvalue weighted by atomic mass is 10.1. The average Bonchev–Trinajstić information content (AvgIpc) is 2.25. The van der Waals surface area contributed by atoms with Crippen molar-refractivity contribution >= 4 is 24.2 Å². The van der Waals surface area contributed by atoms with Crippen LogP contribution in [0.5, 0.6) is 0 Å². The Labute approximate surface area is 111 Å². The number of nitrogens with two attached hydrogens (primary N) is 1. The van der Waals surface area contributed by atoms with E-state index in [1.54, 1.807) is 12.1 Å². The summed E-state index contributed by atoms with van der Waals surface area (Å²) in [5, 5.41) is 8.82. The van der Waals surface area contributed by atoms with E-state index in [9.17, 15) is 4.79 Å². The van der Waals surface area contributed by atoms with Gasteiger partial charge in [-0.25, -0.2) is 0 Å². The van der Waals surface area contributed by atoms with Crippen LogP contribution in [0.1, 0.15) is 26.3 Å². The molecule has 1 aromatic rings. The Morgan fingerprint density at radius 1 is 1.56 bits per heavy atom. The van der Waals surface area contributed by atoms with Gasteiger partial charge in [-0.15, -0.1) is 0 Å². The van der Waals surface area contributed by atoms with E-state index < -0.39 is 5.91 Å². The summed E-state index contributed by atoms with van der Waals surface area (Å²) in [6.07, 6.45) is 3.29. The second-order valence-corrected chi connectivity index (χ2v) is 5.23. The number of aromatic nitrogens is 1. The van der Waals surface area contributed by atoms with Crippen molar-refractivity contribution in [3.8, 4) is 6.07 Å². The molecule has 0 saturated heterocycles. The number of rotatable bonds is 2. The van der Waals surface area contributed by atoms with E-state index in [4.69, 9.17) is 23.2 Å². The quantitative estimate of drug-likeness (QED) is 0.504. The molecule has 1 heterocycles. The van der Waals surface area contributed by atoms with Gasteiger partial charge in [0, 0.05) is 17.3 Å². The molecule has 18 heavy (non-hydrogen) atoms. The first-order chi connectivity index (χ1) is 8.27. The fourth-order valence-electron chi connectivity index (χ4n) is 1.46. The summed E-state index contributed by atoms with van der Waals surface area (Å²) >= 11 is 5.35. The predicted octanol–water partition coefficient (Wildman–Crippen LogP) is 2.36. The second-order valence-electron chi connectivity index (χ2n) is 4.84. The van der Waals surface area contributed by atoms with Gasteiger partial charge >= 0.3 is 0 Å². The monoisotopic (exact) mass is 261 g/mol. The van der Waals surface area contributed by atoms with E-state index in [-0.39, 0.29) is 11.1 Å². The average molecular weight is 261 g/mol. The maximum Gasteiger partial charge on any atom is 0.259 e. The highest BCUT2D eigenvalue weighted by Gasteiger charge is 2.13. The van der Waals surface area contributed by atoms with Gasteiger partial charge in [0.2, 0.25) is 0 Å². The van der Waals surface area contributed by atoms with Crippen molar-refractivity contribution in [3.05, 3.63) is 34.1 Å². The van der Waals surface area contributed by atoms with E-state index in [1.807, 2.05) is 37.6 Å². The van der Waals surface area contributed by atoms with Gasteiger partial charge in [0.15, 0.2) is 0 Å². The molecule has 1 amide bonds. The topological polar surface area (TPSA) is 71.8 Å². The Morgan fingerprint density at radius 3 is 2.61 bits per heavy atom. The zero-order chi connectivity index (χ0) is 13.9. The summed E-state index contributed by atoms with van der Waals surface area (Å²) < 4.78 is 2.48. The molecule has 0 bridgehead atoms. The SMILES string of the molecule is CC(C)(C)n1cccc(/C=C(\C#N)C(N)=O)c1=S. The van der Waals surface area contributed by atoms with Gasteiger partial charge in [0.05, 0.1) is 0 Å². The lowest BCUT2D eigenvalue weighted by Gasteiger charge is -2.24. The molecule has 0 fully saturated rings.